The first-order valence-electron chi connectivity index (χ1n) is 11.2. The molecule has 2 unspecified atom stereocenters. The van der Waals surface area contributed by atoms with Gasteiger partial charge in [-0.3, -0.25) is 19.7 Å². The smallest absolute Gasteiger partial charge is 0.191 e. The number of benzene rings is 1. The fourth-order valence-corrected chi connectivity index (χ4v) is 4.33. The van der Waals surface area contributed by atoms with Crippen molar-refractivity contribution in [3.63, 3.8) is 0 Å². The van der Waals surface area contributed by atoms with Crippen LogP contribution in [0.1, 0.15) is 26.3 Å². The van der Waals surface area contributed by atoms with E-state index >= 15 is 0 Å². The summed E-state index contributed by atoms with van der Waals surface area (Å²) in [4.78, 5) is 12.1. The van der Waals surface area contributed by atoms with Crippen LogP contribution < -0.4 is 10.6 Å². The number of likely N-dealkylation sites (tertiary alicyclic amines) is 1. The molecule has 0 radical (unpaired) electrons. The lowest BCUT2D eigenvalue weighted by molar-refractivity contribution is 0.129. The molecule has 0 amide bonds. The average molecular weight is 529 g/mol. The van der Waals surface area contributed by atoms with Crippen LogP contribution in [0.5, 0.6) is 0 Å². The van der Waals surface area contributed by atoms with Gasteiger partial charge in [-0.2, -0.15) is 0 Å². The van der Waals surface area contributed by atoms with E-state index in [4.69, 9.17) is 0 Å². The Hall–Kier alpha value is -0.900. The van der Waals surface area contributed by atoms with Crippen molar-refractivity contribution < 1.29 is 0 Å². The third kappa shape index (κ3) is 7.66. The molecule has 1 aromatic carbocycles. The Balaban J connectivity index is 0.00000320. The fraction of sp³-hybridized carbons (Fsp3) is 0.696. The summed E-state index contributed by atoms with van der Waals surface area (Å²) < 4.78 is 0. The number of nitrogens with zero attached hydrogens (tertiary/aromatic N) is 4. The summed E-state index contributed by atoms with van der Waals surface area (Å²) in [7, 11) is 1.87. The summed E-state index contributed by atoms with van der Waals surface area (Å²) in [5.74, 6) is 1.59. The summed E-state index contributed by atoms with van der Waals surface area (Å²) in [6, 6.07) is 11.9. The standard InChI is InChI=1S/C23H40N6.HI/c1-19(2)29-16-20(3)22(18-29)26-23(24-4)25-10-11-27-12-14-28(15-13-27)17-21-8-6-5-7-9-21;/h5-9,19-20,22H,10-18H2,1-4H3,(H2,24,25,26);1H. The predicted molar refractivity (Wildman–Crippen MR) is 138 cm³/mol. The third-order valence-corrected chi connectivity index (χ3v) is 6.35. The maximum atomic E-state index is 4.45. The summed E-state index contributed by atoms with van der Waals surface area (Å²) >= 11 is 0. The first-order valence-corrected chi connectivity index (χ1v) is 11.2. The number of guanidine groups is 1. The van der Waals surface area contributed by atoms with Gasteiger partial charge in [-0.25, -0.2) is 0 Å². The molecular weight excluding hydrogens is 487 g/mol. The Morgan fingerprint density at radius 3 is 2.33 bits per heavy atom. The molecule has 2 atom stereocenters. The van der Waals surface area contributed by atoms with Crippen LogP contribution in [-0.2, 0) is 6.54 Å². The number of hydrogen-bond donors (Lipinski definition) is 2. The number of hydrogen-bond acceptors (Lipinski definition) is 4. The fourth-order valence-electron chi connectivity index (χ4n) is 4.33. The maximum Gasteiger partial charge on any atom is 0.191 e. The molecule has 6 nitrogen and oxygen atoms in total. The lowest BCUT2D eigenvalue weighted by Crippen LogP contribution is -2.50. The molecule has 2 fully saturated rings. The third-order valence-electron chi connectivity index (χ3n) is 6.35. The quantitative estimate of drug-likeness (QED) is 0.323. The predicted octanol–water partition coefficient (Wildman–Crippen LogP) is 2.32. The highest BCUT2D eigenvalue weighted by Crippen LogP contribution is 2.18. The first-order chi connectivity index (χ1) is 14.0. The van der Waals surface area contributed by atoms with Crippen LogP contribution in [-0.4, -0.2) is 92.1 Å². The molecule has 170 valence electrons. The highest BCUT2D eigenvalue weighted by molar-refractivity contribution is 14.0. The zero-order valence-electron chi connectivity index (χ0n) is 19.2. The number of rotatable bonds is 7. The summed E-state index contributed by atoms with van der Waals surface area (Å²) in [6.07, 6.45) is 0. The zero-order chi connectivity index (χ0) is 20.6. The highest BCUT2D eigenvalue weighted by atomic mass is 127. The van der Waals surface area contributed by atoms with Crippen molar-refractivity contribution >= 4 is 29.9 Å². The van der Waals surface area contributed by atoms with Gasteiger partial charge in [0.1, 0.15) is 0 Å². The van der Waals surface area contributed by atoms with E-state index in [2.05, 4.69) is 81.4 Å². The molecule has 0 spiro atoms. The van der Waals surface area contributed by atoms with Crippen LogP contribution >= 0.6 is 24.0 Å². The van der Waals surface area contributed by atoms with Gasteiger partial charge in [0.2, 0.25) is 0 Å². The normalized spacial score (nSPS) is 24.1. The molecule has 2 saturated heterocycles. The summed E-state index contributed by atoms with van der Waals surface area (Å²) in [5.41, 5.74) is 1.41. The van der Waals surface area contributed by atoms with Gasteiger partial charge >= 0.3 is 0 Å². The second-order valence-corrected chi connectivity index (χ2v) is 8.88. The lowest BCUT2D eigenvalue weighted by Gasteiger charge is -2.34. The summed E-state index contributed by atoms with van der Waals surface area (Å²) in [5, 5.41) is 7.17. The summed E-state index contributed by atoms with van der Waals surface area (Å²) in [6.45, 7) is 16.8. The van der Waals surface area contributed by atoms with Gasteiger partial charge < -0.3 is 10.6 Å². The molecule has 0 aromatic heterocycles. The second kappa shape index (κ2) is 12.8. The molecule has 2 aliphatic heterocycles. The minimum atomic E-state index is 0. The molecule has 0 bridgehead atoms. The van der Waals surface area contributed by atoms with E-state index in [1.165, 1.54) is 12.1 Å². The van der Waals surface area contributed by atoms with Gasteiger partial charge in [0, 0.05) is 78.0 Å². The van der Waals surface area contributed by atoms with Gasteiger partial charge in [0.15, 0.2) is 5.96 Å². The Labute approximate surface area is 200 Å². The van der Waals surface area contributed by atoms with Crippen LogP contribution in [0, 0.1) is 5.92 Å². The Kier molecular flexibility index (Phi) is 10.8. The van der Waals surface area contributed by atoms with Crippen molar-refractivity contribution in [3.8, 4) is 0 Å². The second-order valence-electron chi connectivity index (χ2n) is 8.88. The molecule has 3 rings (SSSR count). The molecule has 7 heteroatoms. The van der Waals surface area contributed by atoms with Crippen LogP contribution in [0.3, 0.4) is 0 Å². The number of piperazine rings is 1. The maximum absolute atomic E-state index is 4.45. The van der Waals surface area contributed by atoms with E-state index in [1.807, 2.05) is 7.05 Å². The highest BCUT2D eigenvalue weighted by Gasteiger charge is 2.31. The molecule has 30 heavy (non-hydrogen) atoms. The number of aliphatic imine (C=N–C) groups is 1. The Bertz CT molecular complexity index is 630. The zero-order valence-corrected chi connectivity index (χ0v) is 21.5. The van der Waals surface area contributed by atoms with Crippen LogP contribution in [0.4, 0.5) is 0 Å². The van der Waals surface area contributed by atoms with Crippen molar-refractivity contribution in [1.82, 2.24) is 25.3 Å². The van der Waals surface area contributed by atoms with Crippen molar-refractivity contribution in [2.24, 2.45) is 10.9 Å². The Morgan fingerprint density at radius 2 is 1.73 bits per heavy atom. The van der Waals surface area contributed by atoms with E-state index in [9.17, 15) is 0 Å². The molecule has 2 N–H and O–H groups in total. The minimum absolute atomic E-state index is 0. The average Bonchev–Trinajstić information content (AvgIpc) is 3.10. The van der Waals surface area contributed by atoms with Crippen LogP contribution in [0.25, 0.3) is 0 Å². The van der Waals surface area contributed by atoms with Crippen molar-refractivity contribution in [2.75, 3.05) is 59.4 Å². The van der Waals surface area contributed by atoms with Crippen molar-refractivity contribution in [2.45, 2.75) is 39.4 Å². The van der Waals surface area contributed by atoms with E-state index in [-0.39, 0.29) is 24.0 Å². The van der Waals surface area contributed by atoms with Crippen molar-refractivity contribution in [1.29, 1.82) is 0 Å². The van der Waals surface area contributed by atoms with E-state index < -0.39 is 0 Å². The molecule has 1 aromatic rings. The largest absolute Gasteiger partial charge is 0.355 e. The van der Waals surface area contributed by atoms with Crippen molar-refractivity contribution in [3.05, 3.63) is 35.9 Å². The van der Waals surface area contributed by atoms with Crippen LogP contribution in [0.15, 0.2) is 35.3 Å². The molecular formula is C23H41IN6. The molecule has 2 aliphatic rings. The van der Waals surface area contributed by atoms with Crippen LogP contribution in [0.2, 0.25) is 0 Å². The van der Waals surface area contributed by atoms with Gasteiger partial charge in [0.05, 0.1) is 0 Å². The van der Waals surface area contributed by atoms with Gasteiger partial charge in [-0.1, -0.05) is 37.3 Å². The molecule has 0 saturated carbocycles. The molecule has 2 heterocycles. The molecule has 0 aliphatic carbocycles. The number of halogens is 1. The van der Waals surface area contributed by atoms with E-state index in [0.29, 0.717) is 18.0 Å². The SMILES string of the molecule is CN=C(NCCN1CCN(Cc2ccccc2)CC1)NC1CN(C(C)C)CC1C.I. The van der Waals surface area contributed by atoms with E-state index in [0.717, 1.165) is 58.3 Å². The number of nitrogens with one attached hydrogen (secondary N) is 2. The van der Waals surface area contributed by atoms with E-state index in [1.54, 1.807) is 0 Å². The van der Waals surface area contributed by atoms with Gasteiger partial charge in [0.25, 0.3) is 0 Å². The minimum Gasteiger partial charge on any atom is -0.355 e. The van der Waals surface area contributed by atoms with Gasteiger partial charge in [-0.15, -0.1) is 24.0 Å². The van der Waals surface area contributed by atoms with Gasteiger partial charge in [-0.05, 0) is 25.3 Å². The Morgan fingerprint density at radius 1 is 1.07 bits per heavy atom. The topological polar surface area (TPSA) is 46.1 Å². The lowest BCUT2D eigenvalue weighted by atomic mass is 10.1. The first kappa shape index (κ1) is 25.4. The monoisotopic (exact) mass is 528 g/mol.